The third-order valence-corrected chi connectivity index (χ3v) is 3.48. The molecule has 0 aromatic carbocycles. The lowest BCUT2D eigenvalue weighted by molar-refractivity contribution is 0.134. The maximum absolute atomic E-state index is 3.64. The van der Waals surface area contributed by atoms with Crippen molar-refractivity contribution in [2.24, 2.45) is 0 Å². The SMILES string of the molecule is CCN[C@@H]1CCCC[C@H]1N(CC)CC. The van der Waals surface area contributed by atoms with Crippen molar-refractivity contribution in [1.29, 1.82) is 0 Å². The smallest absolute Gasteiger partial charge is 0.0249 e. The van der Waals surface area contributed by atoms with Crippen LogP contribution >= 0.6 is 0 Å². The summed E-state index contributed by atoms with van der Waals surface area (Å²) in [6.07, 6.45) is 5.59. The predicted molar refractivity (Wildman–Crippen MR) is 62.6 cm³/mol. The Kier molecular flexibility index (Phi) is 5.49. The van der Waals surface area contributed by atoms with E-state index < -0.39 is 0 Å². The molecule has 1 aliphatic carbocycles. The van der Waals surface area contributed by atoms with Gasteiger partial charge in [0.1, 0.15) is 0 Å². The summed E-state index contributed by atoms with van der Waals surface area (Å²) in [5.41, 5.74) is 0. The van der Waals surface area contributed by atoms with Crippen LogP contribution in [0.1, 0.15) is 46.5 Å². The zero-order chi connectivity index (χ0) is 10.4. The van der Waals surface area contributed by atoms with Gasteiger partial charge in [-0.15, -0.1) is 0 Å². The molecule has 0 amide bonds. The van der Waals surface area contributed by atoms with Gasteiger partial charge < -0.3 is 5.32 Å². The summed E-state index contributed by atoms with van der Waals surface area (Å²) in [7, 11) is 0. The minimum Gasteiger partial charge on any atom is -0.313 e. The van der Waals surface area contributed by atoms with Crippen molar-refractivity contribution in [3.05, 3.63) is 0 Å². The Hall–Kier alpha value is -0.0800. The summed E-state index contributed by atoms with van der Waals surface area (Å²) in [4.78, 5) is 2.62. The molecular weight excluding hydrogens is 172 g/mol. The fourth-order valence-electron chi connectivity index (χ4n) is 2.74. The fraction of sp³-hybridized carbons (Fsp3) is 1.00. The van der Waals surface area contributed by atoms with E-state index in [9.17, 15) is 0 Å². The Bertz CT molecular complexity index is 141. The molecule has 1 saturated carbocycles. The molecule has 0 aliphatic heterocycles. The Morgan fingerprint density at radius 1 is 1.07 bits per heavy atom. The standard InChI is InChI=1S/C12H26N2/c1-4-13-11-9-7-8-10-12(11)14(5-2)6-3/h11-13H,4-10H2,1-3H3/t11-,12-/m1/s1. The lowest BCUT2D eigenvalue weighted by Crippen LogP contribution is -2.51. The molecule has 84 valence electrons. The van der Waals surface area contributed by atoms with E-state index in [1.54, 1.807) is 0 Å². The summed E-state index contributed by atoms with van der Waals surface area (Å²) in [5.74, 6) is 0. The van der Waals surface area contributed by atoms with E-state index >= 15 is 0 Å². The molecule has 0 radical (unpaired) electrons. The monoisotopic (exact) mass is 198 g/mol. The summed E-state index contributed by atoms with van der Waals surface area (Å²) in [6, 6.07) is 1.53. The van der Waals surface area contributed by atoms with Gasteiger partial charge in [0, 0.05) is 12.1 Å². The van der Waals surface area contributed by atoms with Gasteiger partial charge in [0.25, 0.3) is 0 Å². The molecular formula is C12H26N2. The van der Waals surface area contributed by atoms with Gasteiger partial charge in [-0.2, -0.15) is 0 Å². The number of rotatable bonds is 5. The van der Waals surface area contributed by atoms with Crippen LogP contribution in [0.2, 0.25) is 0 Å². The zero-order valence-corrected chi connectivity index (χ0v) is 10.1. The van der Waals surface area contributed by atoms with E-state index in [0.717, 1.165) is 18.6 Å². The molecule has 1 N–H and O–H groups in total. The van der Waals surface area contributed by atoms with Crippen molar-refractivity contribution < 1.29 is 0 Å². The Morgan fingerprint density at radius 2 is 1.71 bits per heavy atom. The Morgan fingerprint density at radius 3 is 2.29 bits per heavy atom. The van der Waals surface area contributed by atoms with Crippen molar-refractivity contribution in [3.63, 3.8) is 0 Å². The lowest BCUT2D eigenvalue weighted by Gasteiger charge is -2.39. The number of hydrogen-bond donors (Lipinski definition) is 1. The van der Waals surface area contributed by atoms with Gasteiger partial charge in [-0.1, -0.05) is 33.6 Å². The molecule has 0 spiro atoms. The maximum atomic E-state index is 3.64. The second kappa shape index (κ2) is 6.41. The predicted octanol–water partition coefficient (Wildman–Crippen LogP) is 2.25. The number of likely N-dealkylation sites (N-methyl/N-ethyl adjacent to an activating group) is 2. The molecule has 0 aromatic heterocycles. The van der Waals surface area contributed by atoms with Crippen LogP contribution < -0.4 is 5.32 Å². The van der Waals surface area contributed by atoms with Crippen molar-refractivity contribution in [2.45, 2.75) is 58.5 Å². The topological polar surface area (TPSA) is 15.3 Å². The summed E-state index contributed by atoms with van der Waals surface area (Å²) < 4.78 is 0. The van der Waals surface area contributed by atoms with Crippen LogP contribution in [0, 0.1) is 0 Å². The zero-order valence-electron chi connectivity index (χ0n) is 10.1. The molecule has 1 rings (SSSR count). The largest absolute Gasteiger partial charge is 0.313 e. The van der Waals surface area contributed by atoms with E-state index in [2.05, 4.69) is 31.0 Å². The molecule has 1 fully saturated rings. The highest BCUT2D eigenvalue weighted by molar-refractivity contribution is 4.87. The third-order valence-electron chi connectivity index (χ3n) is 3.48. The highest BCUT2D eigenvalue weighted by Gasteiger charge is 2.27. The third kappa shape index (κ3) is 2.96. The van der Waals surface area contributed by atoms with Gasteiger partial charge in [0.05, 0.1) is 0 Å². The molecule has 0 bridgehead atoms. The molecule has 2 nitrogen and oxygen atoms in total. The average Bonchev–Trinajstić information content (AvgIpc) is 2.23. The molecule has 0 saturated heterocycles. The normalized spacial score (nSPS) is 28.3. The number of hydrogen-bond acceptors (Lipinski definition) is 2. The molecule has 14 heavy (non-hydrogen) atoms. The number of nitrogens with one attached hydrogen (secondary N) is 1. The van der Waals surface area contributed by atoms with E-state index in [1.165, 1.54) is 38.8 Å². The van der Waals surface area contributed by atoms with Gasteiger partial charge in [0.15, 0.2) is 0 Å². The van der Waals surface area contributed by atoms with Crippen molar-refractivity contribution in [3.8, 4) is 0 Å². The van der Waals surface area contributed by atoms with Gasteiger partial charge in [-0.3, -0.25) is 4.90 Å². The van der Waals surface area contributed by atoms with Crippen LogP contribution in [0.15, 0.2) is 0 Å². The highest BCUT2D eigenvalue weighted by atomic mass is 15.2. The molecule has 0 heterocycles. The molecule has 2 heteroatoms. The maximum Gasteiger partial charge on any atom is 0.0249 e. The molecule has 0 aromatic rings. The van der Waals surface area contributed by atoms with Crippen molar-refractivity contribution in [1.82, 2.24) is 10.2 Å². The molecule has 0 unspecified atom stereocenters. The van der Waals surface area contributed by atoms with Gasteiger partial charge in [-0.25, -0.2) is 0 Å². The summed E-state index contributed by atoms with van der Waals surface area (Å²) in [5, 5.41) is 3.64. The second-order valence-electron chi connectivity index (χ2n) is 4.24. The van der Waals surface area contributed by atoms with Crippen LogP contribution in [-0.4, -0.2) is 36.6 Å². The van der Waals surface area contributed by atoms with Crippen LogP contribution in [-0.2, 0) is 0 Å². The van der Waals surface area contributed by atoms with Crippen molar-refractivity contribution >= 4 is 0 Å². The van der Waals surface area contributed by atoms with Crippen LogP contribution in [0.5, 0.6) is 0 Å². The Labute approximate surface area is 89.1 Å². The van der Waals surface area contributed by atoms with Crippen LogP contribution in [0.3, 0.4) is 0 Å². The van der Waals surface area contributed by atoms with Gasteiger partial charge in [-0.05, 0) is 32.5 Å². The molecule has 1 aliphatic rings. The quantitative estimate of drug-likeness (QED) is 0.729. The van der Waals surface area contributed by atoms with E-state index in [4.69, 9.17) is 0 Å². The average molecular weight is 198 g/mol. The first-order valence-corrected chi connectivity index (χ1v) is 6.30. The first kappa shape index (κ1) is 12.0. The number of nitrogens with zero attached hydrogens (tertiary/aromatic N) is 1. The first-order valence-electron chi connectivity index (χ1n) is 6.30. The fourth-order valence-corrected chi connectivity index (χ4v) is 2.74. The van der Waals surface area contributed by atoms with E-state index in [1.807, 2.05) is 0 Å². The van der Waals surface area contributed by atoms with E-state index in [0.29, 0.717) is 0 Å². The van der Waals surface area contributed by atoms with Crippen LogP contribution in [0.25, 0.3) is 0 Å². The summed E-state index contributed by atoms with van der Waals surface area (Å²) in [6.45, 7) is 10.3. The van der Waals surface area contributed by atoms with E-state index in [-0.39, 0.29) is 0 Å². The van der Waals surface area contributed by atoms with Crippen molar-refractivity contribution in [2.75, 3.05) is 19.6 Å². The minimum atomic E-state index is 0.744. The lowest BCUT2D eigenvalue weighted by atomic mass is 9.89. The summed E-state index contributed by atoms with van der Waals surface area (Å²) >= 11 is 0. The molecule has 2 atom stereocenters. The minimum absolute atomic E-state index is 0.744. The second-order valence-corrected chi connectivity index (χ2v) is 4.24. The van der Waals surface area contributed by atoms with Gasteiger partial charge in [0.2, 0.25) is 0 Å². The first-order chi connectivity index (χ1) is 6.83. The van der Waals surface area contributed by atoms with Crippen LogP contribution in [0.4, 0.5) is 0 Å². The highest BCUT2D eigenvalue weighted by Crippen LogP contribution is 2.22. The Balaban J connectivity index is 2.51. The van der Waals surface area contributed by atoms with Gasteiger partial charge >= 0.3 is 0 Å².